The van der Waals surface area contributed by atoms with Crippen LogP contribution in [0.2, 0.25) is 0 Å². The van der Waals surface area contributed by atoms with Crippen molar-refractivity contribution in [2.75, 3.05) is 6.26 Å². The molecule has 0 saturated carbocycles. The van der Waals surface area contributed by atoms with Crippen LogP contribution in [0.3, 0.4) is 0 Å². The van der Waals surface area contributed by atoms with Crippen molar-refractivity contribution in [3.63, 3.8) is 0 Å². The van der Waals surface area contributed by atoms with Gasteiger partial charge in [-0.3, -0.25) is 4.98 Å². The van der Waals surface area contributed by atoms with Gasteiger partial charge in [0.05, 0.1) is 16.0 Å². The lowest BCUT2D eigenvalue weighted by Crippen LogP contribution is -2.07. The van der Waals surface area contributed by atoms with Gasteiger partial charge in [0.15, 0.2) is 9.84 Å². The predicted octanol–water partition coefficient (Wildman–Crippen LogP) is 7.71. The maximum absolute atomic E-state index is 13.8. The number of halogens is 3. The molecule has 0 atom stereocenters. The molecule has 0 aliphatic rings. The Morgan fingerprint density at radius 1 is 0.816 bits per heavy atom. The summed E-state index contributed by atoms with van der Waals surface area (Å²) < 4.78 is 70.9. The third kappa shape index (κ3) is 5.40. The number of nitrogens with zero attached hydrogens (tertiary/aromatic N) is 1. The molecule has 192 valence electrons. The molecule has 1 heterocycles. The number of alkyl halides is 3. The van der Waals surface area contributed by atoms with E-state index in [0.29, 0.717) is 34.4 Å². The lowest BCUT2D eigenvalue weighted by atomic mass is 9.92. The summed E-state index contributed by atoms with van der Waals surface area (Å²) in [5.74, 6) is 0.884. The van der Waals surface area contributed by atoms with Crippen LogP contribution in [0.25, 0.3) is 22.0 Å². The summed E-state index contributed by atoms with van der Waals surface area (Å²) in [6.07, 6.45) is -1.43. The monoisotopic (exact) mass is 533 g/mol. The van der Waals surface area contributed by atoms with Gasteiger partial charge in [0.1, 0.15) is 11.5 Å². The molecule has 0 aliphatic carbocycles. The third-order valence-corrected chi connectivity index (χ3v) is 7.26. The Balaban J connectivity index is 1.62. The van der Waals surface area contributed by atoms with Gasteiger partial charge in [0, 0.05) is 17.8 Å². The fourth-order valence-corrected chi connectivity index (χ4v) is 5.02. The molecule has 0 saturated heterocycles. The zero-order valence-corrected chi connectivity index (χ0v) is 21.1. The Morgan fingerprint density at radius 3 is 2.21 bits per heavy atom. The van der Waals surface area contributed by atoms with E-state index in [0.717, 1.165) is 23.4 Å². The number of rotatable bonds is 6. The molecule has 0 bridgehead atoms. The first-order chi connectivity index (χ1) is 18.1. The first-order valence-corrected chi connectivity index (χ1v) is 13.6. The predicted molar refractivity (Wildman–Crippen MR) is 141 cm³/mol. The second kappa shape index (κ2) is 9.95. The zero-order valence-electron chi connectivity index (χ0n) is 20.2. The van der Waals surface area contributed by atoms with Crippen LogP contribution in [0.15, 0.2) is 108 Å². The minimum atomic E-state index is -4.55. The van der Waals surface area contributed by atoms with Crippen LogP contribution in [-0.2, 0) is 22.4 Å². The van der Waals surface area contributed by atoms with Crippen molar-refractivity contribution < 1.29 is 26.3 Å². The molecule has 0 aliphatic heterocycles. The molecule has 5 aromatic rings. The van der Waals surface area contributed by atoms with E-state index in [9.17, 15) is 21.6 Å². The SMILES string of the molecule is CS(=O)(=O)c1ccc(Oc2cccc(-c3c(Cc4ccccc4)cnc4c(C(F)(F)F)cccc34)c2)cc1. The first-order valence-electron chi connectivity index (χ1n) is 11.7. The molecule has 38 heavy (non-hydrogen) atoms. The number of hydrogen-bond acceptors (Lipinski definition) is 4. The molecule has 0 fully saturated rings. The minimum absolute atomic E-state index is 0.116. The number of hydrogen-bond donors (Lipinski definition) is 0. The topological polar surface area (TPSA) is 56.3 Å². The molecular formula is C30H22F3NO3S. The number of benzene rings is 4. The van der Waals surface area contributed by atoms with Gasteiger partial charge < -0.3 is 4.74 Å². The van der Waals surface area contributed by atoms with Gasteiger partial charge in [0.2, 0.25) is 0 Å². The summed E-state index contributed by atoms with van der Waals surface area (Å²) in [5.41, 5.74) is 2.18. The highest BCUT2D eigenvalue weighted by molar-refractivity contribution is 7.90. The molecule has 0 amide bonds. The van der Waals surface area contributed by atoms with E-state index in [1.165, 1.54) is 24.4 Å². The van der Waals surface area contributed by atoms with Crippen LogP contribution >= 0.6 is 0 Å². The molecule has 0 unspecified atom stereocenters. The fourth-order valence-electron chi connectivity index (χ4n) is 4.39. The van der Waals surface area contributed by atoms with Gasteiger partial charge in [-0.25, -0.2) is 8.42 Å². The molecule has 1 aromatic heterocycles. The Labute approximate surface area is 218 Å². The number of sulfone groups is 1. The molecule has 8 heteroatoms. The Kier molecular flexibility index (Phi) is 6.67. The average molecular weight is 534 g/mol. The second-order valence-corrected chi connectivity index (χ2v) is 10.9. The van der Waals surface area contributed by atoms with Crippen molar-refractivity contribution in [1.82, 2.24) is 4.98 Å². The lowest BCUT2D eigenvalue weighted by molar-refractivity contribution is -0.136. The van der Waals surface area contributed by atoms with E-state index >= 15 is 0 Å². The van der Waals surface area contributed by atoms with Crippen LogP contribution in [0.4, 0.5) is 13.2 Å². The minimum Gasteiger partial charge on any atom is -0.457 e. The van der Waals surface area contributed by atoms with Gasteiger partial charge in [-0.05, 0) is 71.1 Å². The third-order valence-electron chi connectivity index (χ3n) is 6.13. The highest BCUT2D eigenvalue weighted by atomic mass is 32.2. The standard InChI is InChI=1S/C30H22F3NO3S/c1-38(35,36)25-15-13-23(14-16-25)37-24-10-5-9-21(18-24)28-22(17-20-7-3-2-4-8-20)19-34-29-26(28)11-6-12-27(29)30(31,32)33/h2-16,18-19H,17H2,1H3. The van der Waals surface area contributed by atoms with Crippen LogP contribution < -0.4 is 4.74 Å². The van der Waals surface area contributed by atoms with Crippen molar-refractivity contribution in [2.45, 2.75) is 17.5 Å². The number of pyridine rings is 1. The number of ether oxygens (including phenoxy) is 1. The van der Waals surface area contributed by atoms with Crippen LogP contribution in [-0.4, -0.2) is 19.7 Å². The molecule has 4 nitrogen and oxygen atoms in total. The zero-order chi connectivity index (χ0) is 26.9. The molecule has 5 rings (SSSR count). The molecule has 0 N–H and O–H groups in total. The summed E-state index contributed by atoms with van der Waals surface area (Å²) in [5, 5.41) is 0.392. The van der Waals surface area contributed by atoms with E-state index in [-0.39, 0.29) is 10.4 Å². The van der Waals surface area contributed by atoms with Crippen LogP contribution in [0.5, 0.6) is 11.5 Å². The highest BCUT2D eigenvalue weighted by Gasteiger charge is 2.33. The maximum Gasteiger partial charge on any atom is 0.418 e. The Hall–Kier alpha value is -4.17. The lowest BCUT2D eigenvalue weighted by Gasteiger charge is -2.17. The largest absolute Gasteiger partial charge is 0.457 e. The van der Waals surface area contributed by atoms with Gasteiger partial charge >= 0.3 is 6.18 Å². The molecule has 0 radical (unpaired) electrons. The smallest absolute Gasteiger partial charge is 0.418 e. The summed E-state index contributed by atoms with van der Waals surface area (Å²) in [6.45, 7) is 0. The van der Waals surface area contributed by atoms with E-state index in [4.69, 9.17) is 4.74 Å². The maximum atomic E-state index is 13.8. The highest BCUT2D eigenvalue weighted by Crippen LogP contribution is 2.40. The van der Waals surface area contributed by atoms with E-state index in [1.54, 1.807) is 36.4 Å². The Bertz CT molecular complexity index is 1720. The first kappa shape index (κ1) is 25.5. The van der Waals surface area contributed by atoms with Crippen LogP contribution in [0, 0.1) is 0 Å². The summed E-state index contributed by atoms with van der Waals surface area (Å²) in [7, 11) is -3.34. The Morgan fingerprint density at radius 2 is 1.53 bits per heavy atom. The summed E-state index contributed by atoms with van der Waals surface area (Å²) in [6, 6.07) is 26.8. The van der Waals surface area contributed by atoms with Crippen molar-refractivity contribution in [2.24, 2.45) is 0 Å². The summed E-state index contributed by atoms with van der Waals surface area (Å²) in [4.78, 5) is 4.42. The van der Waals surface area contributed by atoms with Gasteiger partial charge in [-0.1, -0.05) is 54.6 Å². The number of para-hydroxylation sites is 1. The van der Waals surface area contributed by atoms with Crippen molar-refractivity contribution in [3.8, 4) is 22.6 Å². The van der Waals surface area contributed by atoms with Crippen LogP contribution in [0.1, 0.15) is 16.7 Å². The van der Waals surface area contributed by atoms with Crippen molar-refractivity contribution in [1.29, 1.82) is 0 Å². The molecule has 4 aromatic carbocycles. The van der Waals surface area contributed by atoms with E-state index < -0.39 is 21.6 Å². The van der Waals surface area contributed by atoms with Crippen molar-refractivity contribution in [3.05, 3.63) is 120 Å². The number of aromatic nitrogens is 1. The van der Waals surface area contributed by atoms with Gasteiger partial charge in [0.25, 0.3) is 0 Å². The van der Waals surface area contributed by atoms with Gasteiger partial charge in [-0.15, -0.1) is 0 Å². The van der Waals surface area contributed by atoms with Gasteiger partial charge in [-0.2, -0.15) is 13.2 Å². The second-order valence-electron chi connectivity index (χ2n) is 8.89. The molecular weight excluding hydrogens is 511 g/mol. The number of fused-ring (bicyclic) bond motifs is 1. The quantitative estimate of drug-likeness (QED) is 0.224. The average Bonchev–Trinajstić information content (AvgIpc) is 2.88. The fraction of sp³-hybridized carbons (Fsp3) is 0.100. The van der Waals surface area contributed by atoms with E-state index in [1.807, 2.05) is 36.4 Å². The van der Waals surface area contributed by atoms with Crippen molar-refractivity contribution >= 4 is 20.7 Å². The van der Waals surface area contributed by atoms with E-state index in [2.05, 4.69) is 4.98 Å². The summed E-state index contributed by atoms with van der Waals surface area (Å²) >= 11 is 0. The normalized spacial score (nSPS) is 12.0. The molecule has 0 spiro atoms.